The van der Waals surface area contributed by atoms with Gasteiger partial charge in [0.25, 0.3) is 7.37 Å². The molecule has 1 N–H and O–H groups in total. The standard InChI is InChI=1S/C17H18BrO3P/c1-21-22(20,13-12-15-8-4-2-5-9-15)17(19,14-18)16-10-6-3-7-11-16/h2-13,19H,14H2,1H3/b13-12+/t17-,22+/m0/s1. The Hall–Kier alpha value is -1.19. The molecular formula is C17H18BrO3P. The summed E-state index contributed by atoms with van der Waals surface area (Å²) < 4.78 is 18.5. The maximum atomic E-state index is 13.2. The third-order valence-corrected chi connectivity index (χ3v) is 7.25. The van der Waals surface area contributed by atoms with Crippen LogP contribution in [0.3, 0.4) is 0 Å². The Kier molecular flexibility index (Phi) is 5.76. The summed E-state index contributed by atoms with van der Waals surface area (Å²) in [5.41, 5.74) is 1.44. The molecule has 0 saturated heterocycles. The van der Waals surface area contributed by atoms with Gasteiger partial charge >= 0.3 is 0 Å². The van der Waals surface area contributed by atoms with Crippen LogP contribution < -0.4 is 0 Å². The van der Waals surface area contributed by atoms with E-state index in [1.165, 1.54) is 12.9 Å². The number of hydrogen-bond acceptors (Lipinski definition) is 3. The van der Waals surface area contributed by atoms with Crippen LogP contribution in [0.1, 0.15) is 11.1 Å². The van der Waals surface area contributed by atoms with E-state index < -0.39 is 12.7 Å². The molecule has 116 valence electrons. The van der Waals surface area contributed by atoms with Crippen molar-refractivity contribution in [1.82, 2.24) is 0 Å². The van der Waals surface area contributed by atoms with E-state index in [-0.39, 0.29) is 5.33 Å². The average molecular weight is 381 g/mol. The first-order chi connectivity index (χ1) is 10.6. The van der Waals surface area contributed by atoms with Gasteiger partial charge in [0.05, 0.1) is 0 Å². The molecule has 0 unspecified atom stereocenters. The van der Waals surface area contributed by atoms with Crippen molar-refractivity contribution in [3.05, 3.63) is 77.6 Å². The third kappa shape index (κ3) is 3.41. The van der Waals surface area contributed by atoms with Crippen LogP contribution in [-0.4, -0.2) is 17.5 Å². The van der Waals surface area contributed by atoms with Crippen molar-refractivity contribution >= 4 is 29.4 Å². The molecule has 5 heteroatoms. The van der Waals surface area contributed by atoms with E-state index in [1.54, 1.807) is 30.3 Å². The van der Waals surface area contributed by atoms with Crippen LogP contribution in [0.25, 0.3) is 6.08 Å². The van der Waals surface area contributed by atoms with Crippen molar-refractivity contribution in [2.75, 3.05) is 12.4 Å². The first-order valence-electron chi connectivity index (χ1n) is 6.79. The molecule has 0 aliphatic carbocycles. The number of hydrogen-bond donors (Lipinski definition) is 1. The van der Waals surface area contributed by atoms with Gasteiger partial charge in [-0.05, 0) is 17.2 Å². The average Bonchev–Trinajstić information content (AvgIpc) is 2.60. The minimum atomic E-state index is -3.48. The molecule has 0 radical (unpaired) electrons. The quantitative estimate of drug-likeness (QED) is 0.577. The fraction of sp³-hybridized carbons (Fsp3) is 0.176. The second-order valence-electron chi connectivity index (χ2n) is 4.82. The van der Waals surface area contributed by atoms with E-state index in [9.17, 15) is 9.67 Å². The lowest BCUT2D eigenvalue weighted by Gasteiger charge is -2.32. The Morgan fingerprint density at radius 2 is 1.68 bits per heavy atom. The van der Waals surface area contributed by atoms with E-state index in [2.05, 4.69) is 15.9 Å². The highest BCUT2D eigenvalue weighted by Gasteiger charge is 2.46. The summed E-state index contributed by atoms with van der Waals surface area (Å²) >= 11 is 3.28. The number of aliphatic hydroxyl groups is 1. The van der Waals surface area contributed by atoms with E-state index >= 15 is 0 Å². The van der Waals surface area contributed by atoms with Crippen LogP contribution >= 0.6 is 23.3 Å². The van der Waals surface area contributed by atoms with E-state index in [0.717, 1.165) is 5.56 Å². The summed E-state index contributed by atoms with van der Waals surface area (Å²) in [6.45, 7) is 0. The van der Waals surface area contributed by atoms with Crippen molar-refractivity contribution in [3.63, 3.8) is 0 Å². The first-order valence-corrected chi connectivity index (χ1v) is 9.61. The van der Waals surface area contributed by atoms with Gasteiger partial charge in [-0.25, -0.2) is 0 Å². The number of benzene rings is 2. The van der Waals surface area contributed by atoms with Crippen LogP contribution in [0.2, 0.25) is 0 Å². The number of alkyl halides is 1. The van der Waals surface area contributed by atoms with Crippen molar-refractivity contribution in [3.8, 4) is 0 Å². The van der Waals surface area contributed by atoms with Crippen LogP contribution in [-0.2, 0) is 14.4 Å². The number of rotatable bonds is 6. The normalized spacial score (nSPS) is 17.0. The Bertz CT molecular complexity index is 673. The molecule has 2 atom stereocenters. The zero-order chi connectivity index (χ0) is 16.1. The van der Waals surface area contributed by atoms with Gasteiger partial charge in [-0.2, -0.15) is 0 Å². The molecule has 22 heavy (non-hydrogen) atoms. The van der Waals surface area contributed by atoms with Gasteiger partial charge in [-0.3, -0.25) is 4.57 Å². The van der Waals surface area contributed by atoms with Gasteiger partial charge in [0, 0.05) is 18.3 Å². The van der Waals surface area contributed by atoms with Gasteiger partial charge in [-0.15, -0.1) is 0 Å². The minimum Gasteiger partial charge on any atom is -0.374 e. The molecule has 0 heterocycles. The summed E-state index contributed by atoms with van der Waals surface area (Å²) in [5.74, 6) is 1.47. The van der Waals surface area contributed by atoms with Gasteiger partial charge < -0.3 is 9.63 Å². The van der Waals surface area contributed by atoms with Crippen molar-refractivity contribution in [2.45, 2.75) is 5.34 Å². The van der Waals surface area contributed by atoms with Gasteiger partial charge in [0.1, 0.15) is 0 Å². The second kappa shape index (κ2) is 7.38. The molecular weight excluding hydrogens is 363 g/mol. The zero-order valence-electron chi connectivity index (χ0n) is 12.2. The highest BCUT2D eigenvalue weighted by Crippen LogP contribution is 2.64. The van der Waals surface area contributed by atoms with Crippen molar-refractivity contribution in [1.29, 1.82) is 0 Å². The number of halogens is 1. The lowest BCUT2D eigenvalue weighted by molar-refractivity contribution is 0.132. The molecule has 3 nitrogen and oxygen atoms in total. The van der Waals surface area contributed by atoms with Gasteiger partial charge in [0.2, 0.25) is 0 Å². The monoisotopic (exact) mass is 380 g/mol. The topological polar surface area (TPSA) is 46.5 Å². The largest absolute Gasteiger partial charge is 0.374 e. The Balaban J connectivity index is 2.43. The predicted octanol–water partition coefficient (Wildman–Crippen LogP) is 4.82. The molecule has 0 aliphatic rings. The van der Waals surface area contributed by atoms with Crippen LogP contribution in [0, 0.1) is 0 Å². The Morgan fingerprint density at radius 3 is 2.18 bits per heavy atom. The molecule has 0 aromatic heterocycles. The van der Waals surface area contributed by atoms with Crippen molar-refractivity contribution < 1.29 is 14.2 Å². The Morgan fingerprint density at radius 1 is 1.14 bits per heavy atom. The molecule has 0 amide bonds. The second-order valence-corrected chi connectivity index (χ2v) is 7.98. The van der Waals surface area contributed by atoms with Gasteiger partial charge in [-0.1, -0.05) is 76.6 Å². The molecule has 0 aliphatic heterocycles. The maximum Gasteiger partial charge on any atom is 0.260 e. The van der Waals surface area contributed by atoms with Crippen molar-refractivity contribution in [2.24, 2.45) is 0 Å². The highest BCUT2D eigenvalue weighted by molar-refractivity contribution is 9.09. The lowest BCUT2D eigenvalue weighted by atomic mass is 10.1. The van der Waals surface area contributed by atoms with Crippen LogP contribution in [0.4, 0.5) is 0 Å². The highest BCUT2D eigenvalue weighted by atomic mass is 79.9. The maximum absolute atomic E-state index is 13.2. The van der Waals surface area contributed by atoms with E-state index in [1.807, 2.05) is 36.4 Å². The van der Waals surface area contributed by atoms with E-state index in [0.29, 0.717) is 5.56 Å². The zero-order valence-corrected chi connectivity index (χ0v) is 14.7. The SMILES string of the molecule is CO[P@](=O)(/C=C/c1ccccc1)[C@@](O)(CBr)c1ccccc1. The Labute approximate surface area is 139 Å². The molecule has 2 rings (SSSR count). The molecule has 2 aromatic carbocycles. The first kappa shape index (κ1) is 17.2. The molecule has 0 saturated carbocycles. The predicted molar refractivity (Wildman–Crippen MR) is 94.2 cm³/mol. The summed E-state index contributed by atoms with van der Waals surface area (Å²) in [6, 6.07) is 18.4. The third-order valence-electron chi connectivity index (χ3n) is 3.47. The molecule has 0 bridgehead atoms. The fourth-order valence-electron chi connectivity index (χ4n) is 2.13. The van der Waals surface area contributed by atoms with E-state index in [4.69, 9.17) is 4.52 Å². The summed E-state index contributed by atoms with van der Waals surface area (Å²) in [5, 5.41) is 9.49. The molecule has 0 fully saturated rings. The summed E-state index contributed by atoms with van der Waals surface area (Å²) in [6.07, 6.45) is 1.71. The lowest BCUT2D eigenvalue weighted by Crippen LogP contribution is -2.27. The smallest absolute Gasteiger partial charge is 0.260 e. The van der Waals surface area contributed by atoms with Crippen LogP contribution in [0.5, 0.6) is 0 Å². The molecule has 2 aromatic rings. The summed E-state index contributed by atoms with van der Waals surface area (Å²) in [7, 11) is -2.13. The minimum absolute atomic E-state index is 0.105. The summed E-state index contributed by atoms with van der Waals surface area (Å²) in [4.78, 5) is 0. The molecule has 0 spiro atoms. The van der Waals surface area contributed by atoms with Gasteiger partial charge in [0.15, 0.2) is 5.34 Å². The van der Waals surface area contributed by atoms with Crippen LogP contribution in [0.15, 0.2) is 66.5 Å². The fourth-order valence-corrected chi connectivity index (χ4v) is 5.22.